The Kier molecular flexibility index (Phi) is 5.30. The molecule has 1 aliphatic rings. The average Bonchev–Trinajstić information content (AvgIpc) is 2.50. The maximum Gasteiger partial charge on any atom is 0.168 e. The zero-order valence-electron chi connectivity index (χ0n) is 12.1. The van der Waals surface area contributed by atoms with Crippen LogP contribution in [0.4, 0.5) is 20.4 Å². The van der Waals surface area contributed by atoms with Gasteiger partial charge in [0.05, 0.1) is 12.1 Å². The van der Waals surface area contributed by atoms with E-state index >= 15 is 0 Å². The largest absolute Gasteiger partial charge is 0.394 e. The smallest absolute Gasteiger partial charge is 0.168 e. The molecular formula is C14H21F2N3O2. The van der Waals surface area contributed by atoms with Crippen molar-refractivity contribution in [3.05, 3.63) is 17.7 Å². The molecule has 0 unspecified atom stereocenters. The average molecular weight is 301 g/mol. The van der Waals surface area contributed by atoms with Gasteiger partial charge in [-0.1, -0.05) is 6.92 Å². The van der Waals surface area contributed by atoms with Gasteiger partial charge in [-0.2, -0.15) is 0 Å². The molecule has 2 rings (SSSR count). The van der Waals surface area contributed by atoms with Crippen LogP contribution >= 0.6 is 0 Å². The molecule has 1 fully saturated rings. The molecule has 0 bridgehead atoms. The maximum absolute atomic E-state index is 13.9. The second-order valence-corrected chi connectivity index (χ2v) is 5.25. The van der Waals surface area contributed by atoms with Gasteiger partial charge < -0.3 is 20.5 Å². The molecule has 5 nitrogen and oxygen atoms in total. The normalized spacial score (nSPS) is 17.5. The first-order valence-corrected chi connectivity index (χ1v) is 7.17. The van der Waals surface area contributed by atoms with Crippen molar-refractivity contribution in [2.75, 3.05) is 37.0 Å². The molecule has 1 aliphatic heterocycles. The highest BCUT2D eigenvalue weighted by atomic mass is 19.1. The van der Waals surface area contributed by atoms with Crippen molar-refractivity contribution in [2.45, 2.75) is 31.7 Å². The van der Waals surface area contributed by atoms with Crippen molar-refractivity contribution < 1.29 is 18.6 Å². The van der Waals surface area contributed by atoms with Crippen molar-refractivity contribution in [1.29, 1.82) is 0 Å². The topological polar surface area (TPSA) is 66.4 Å². The monoisotopic (exact) mass is 301 g/mol. The Morgan fingerprint density at radius 1 is 1.29 bits per heavy atom. The third-order valence-electron chi connectivity index (χ3n) is 3.61. The lowest BCUT2D eigenvalue weighted by Crippen LogP contribution is -2.47. The molecule has 0 atom stereocenters. The number of ether oxygens (including phenoxy) is 1. The minimum Gasteiger partial charge on any atom is -0.394 e. The molecule has 21 heavy (non-hydrogen) atoms. The van der Waals surface area contributed by atoms with Crippen LogP contribution < -0.4 is 10.6 Å². The van der Waals surface area contributed by atoms with Gasteiger partial charge in [0.25, 0.3) is 0 Å². The van der Waals surface area contributed by atoms with E-state index in [9.17, 15) is 13.9 Å². The van der Waals surface area contributed by atoms with E-state index in [1.807, 2.05) is 6.92 Å². The van der Waals surface area contributed by atoms with Crippen molar-refractivity contribution in [3.8, 4) is 0 Å². The highest BCUT2D eigenvalue weighted by molar-refractivity contribution is 5.49. The van der Waals surface area contributed by atoms with Crippen LogP contribution in [0.3, 0.4) is 0 Å². The van der Waals surface area contributed by atoms with Crippen LogP contribution in [-0.4, -0.2) is 42.0 Å². The summed E-state index contributed by atoms with van der Waals surface area (Å²) in [5, 5.41) is 15.4. The number of rotatable bonds is 6. The number of hydrogen-bond donors (Lipinski definition) is 3. The van der Waals surface area contributed by atoms with Crippen LogP contribution in [0.1, 0.15) is 26.2 Å². The standard InChI is InChI=1S/C14H21F2N3O2/c1-2-5-17-12-10(15)8-11(16)13(18-12)19-14(9-20)3-6-21-7-4-14/h8,20H,2-7,9H2,1H3,(H2,17,18,19). The highest BCUT2D eigenvalue weighted by Gasteiger charge is 2.33. The summed E-state index contributed by atoms with van der Waals surface area (Å²) in [5.41, 5.74) is -0.675. The summed E-state index contributed by atoms with van der Waals surface area (Å²) >= 11 is 0. The van der Waals surface area contributed by atoms with Gasteiger partial charge in [0.15, 0.2) is 23.3 Å². The van der Waals surface area contributed by atoms with Gasteiger partial charge in [-0.05, 0) is 19.3 Å². The Labute approximate surface area is 122 Å². The Bertz CT molecular complexity index is 480. The lowest BCUT2D eigenvalue weighted by Gasteiger charge is -2.36. The van der Waals surface area contributed by atoms with Crippen molar-refractivity contribution in [3.63, 3.8) is 0 Å². The molecule has 1 saturated heterocycles. The quantitative estimate of drug-likeness (QED) is 0.751. The molecular weight excluding hydrogens is 280 g/mol. The second kappa shape index (κ2) is 7.00. The fraction of sp³-hybridized carbons (Fsp3) is 0.643. The van der Waals surface area contributed by atoms with E-state index in [2.05, 4.69) is 15.6 Å². The van der Waals surface area contributed by atoms with Gasteiger partial charge in [-0.25, -0.2) is 13.8 Å². The first-order chi connectivity index (χ1) is 10.1. The lowest BCUT2D eigenvalue weighted by molar-refractivity contribution is 0.0377. The highest BCUT2D eigenvalue weighted by Crippen LogP contribution is 2.27. The minimum absolute atomic E-state index is 0.0147. The van der Waals surface area contributed by atoms with Crippen molar-refractivity contribution in [1.82, 2.24) is 4.98 Å². The molecule has 0 spiro atoms. The fourth-order valence-electron chi connectivity index (χ4n) is 2.26. The number of hydrogen-bond acceptors (Lipinski definition) is 5. The van der Waals surface area contributed by atoms with Crippen molar-refractivity contribution >= 4 is 11.6 Å². The molecule has 0 aliphatic carbocycles. The molecule has 7 heteroatoms. The van der Waals surface area contributed by atoms with Crippen LogP contribution in [0.2, 0.25) is 0 Å². The molecule has 0 amide bonds. The summed E-state index contributed by atoms with van der Waals surface area (Å²) in [7, 11) is 0. The Hall–Kier alpha value is -1.47. The lowest BCUT2D eigenvalue weighted by atomic mass is 9.91. The van der Waals surface area contributed by atoms with Gasteiger partial charge in [-0.3, -0.25) is 0 Å². The zero-order valence-corrected chi connectivity index (χ0v) is 12.1. The number of nitrogens with zero attached hydrogens (tertiary/aromatic N) is 1. The molecule has 118 valence electrons. The first kappa shape index (κ1) is 15.9. The van der Waals surface area contributed by atoms with Crippen LogP contribution in [0.5, 0.6) is 0 Å². The minimum atomic E-state index is -0.770. The molecule has 2 heterocycles. The fourth-order valence-corrected chi connectivity index (χ4v) is 2.26. The molecule has 0 aromatic carbocycles. The van der Waals surface area contributed by atoms with Gasteiger partial charge >= 0.3 is 0 Å². The summed E-state index contributed by atoms with van der Waals surface area (Å²) in [4.78, 5) is 3.97. The second-order valence-electron chi connectivity index (χ2n) is 5.25. The number of nitrogens with one attached hydrogen (secondary N) is 2. The summed E-state index contributed by atoms with van der Waals surface area (Å²) in [6.45, 7) is 3.30. The number of anilines is 2. The van der Waals surface area contributed by atoms with Gasteiger partial charge in [0, 0.05) is 25.8 Å². The van der Waals surface area contributed by atoms with Crippen molar-refractivity contribution in [2.24, 2.45) is 0 Å². The molecule has 0 saturated carbocycles. The van der Waals surface area contributed by atoms with Gasteiger partial charge in [0.2, 0.25) is 0 Å². The molecule has 1 aromatic rings. The predicted octanol–water partition coefficient (Wildman–Crippen LogP) is 2.14. The van der Waals surface area contributed by atoms with E-state index in [4.69, 9.17) is 4.74 Å². The molecule has 1 aromatic heterocycles. The Morgan fingerprint density at radius 2 is 1.95 bits per heavy atom. The molecule has 0 radical (unpaired) electrons. The first-order valence-electron chi connectivity index (χ1n) is 7.17. The number of halogens is 2. The summed E-state index contributed by atoms with van der Waals surface area (Å²) in [5.74, 6) is -1.53. The summed E-state index contributed by atoms with van der Waals surface area (Å²) in [6.07, 6.45) is 1.89. The van der Waals surface area contributed by atoms with Gasteiger partial charge in [0.1, 0.15) is 0 Å². The Morgan fingerprint density at radius 3 is 2.57 bits per heavy atom. The summed E-state index contributed by atoms with van der Waals surface area (Å²) in [6, 6.07) is 0.803. The number of aliphatic hydroxyl groups excluding tert-OH is 1. The molecule has 3 N–H and O–H groups in total. The van der Waals surface area contributed by atoms with Crippen LogP contribution in [0, 0.1) is 11.6 Å². The maximum atomic E-state index is 13.9. The number of aliphatic hydroxyl groups is 1. The SMILES string of the molecule is CCCNc1nc(NC2(CO)CCOCC2)c(F)cc1F. The predicted molar refractivity (Wildman–Crippen MR) is 76.4 cm³/mol. The number of aromatic nitrogens is 1. The van der Waals surface area contributed by atoms with Crippen LogP contribution in [-0.2, 0) is 4.74 Å². The van der Waals surface area contributed by atoms with E-state index in [0.29, 0.717) is 32.6 Å². The third kappa shape index (κ3) is 3.79. The van der Waals surface area contributed by atoms with Gasteiger partial charge in [-0.15, -0.1) is 0 Å². The van der Waals surface area contributed by atoms with E-state index in [0.717, 1.165) is 12.5 Å². The number of pyridine rings is 1. The van der Waals surface area contributed by atoms with Crippen LogP contribution in [0.25, 0.3) is 0 Å². The van der Waals surface area contributed by atoms with E-state index < -0.39 is 17.2 Å². The zero-order chi connectivity index (χ0) is 15.3. The van der Waals surface area contributed by atoms with E-state index in [-0.39, 0.29) is 18.2 Å². The Balaban J connectivity index is 2.21. The van der Waals surface area contributed by atoms with E-state index in [1.165, 1.54) is 0 Å². The summed E-state index contributed by atoms with van der Waals surface area (Å²) < 4.78 is 32.8. The third-order valence-corrected chi connectivity index (χ3v) is 3.61. The van der Waals surface area contributed by atoms with Crippen LogP contribution in [0.15, 0.2) is 6.07 Å². The van der Waals surface area contributed by atoms with E-state index in [1.54, 1.807) is 0 Å².